The van der Waals surface area contributed by atoms with Gasteiger partial charge in [-0.25, -0.2) is 9.55 Å². The molecule has 132 valence electrons. The topological polar surface area (TPSA) is 29.9 Å². The second kappa shape index (κ2) is 5.65. The Bertz CT molecular complexity index is 1360. The maximum atomic E-state index is 6.31. The third-order valence-corrected chi connectivity index (χ3v) is 5.46. The number of hydrogen-bond acceptors (Lipinski definition) is 2. The molecule has 0 amide bonds. The van der Waals surface area contributed by atoms with Crippen molar-refractivity contribution < 1.29 is 8.98 Å². The van der Waals surface area contributed by atoms with Gasteiger partial charge in [0, 0.05) is 34.0 Å². The van der Waals surface area contributed by atoms with Gasteiger partial charge in [-0.2, -0.15) is 0 Å². The maximum Gasteiger partial charge on any atom is 0.227 e. The molecule has 0 saturated carbocycles. The molecule has 3 heterocycles. The molecule has 0 bridgehead atoms. The van der Waals surface area contributed by atoms with E-state index in [1.807, 2.05) is 6.92 Å². The Morgan fingerprint density at radius 2 is 1.67 bits per heavy atom. The highest BCUT2D eigenvalue weighted by Gasteiger charge is 2.24. The molecule has 5 aromatic rings. The highest BCUT2D eigenvalue weighted by atomic mass is 16.3. The number of benzene rings is 2. The van der Waals surface area contributed by atoms with Crippen LogP contribution in [-0.2, 0) is 7.05 Å². The fourth-order valence-corrected chi connectivity index (χ4v) is 4.08. The smallest absolute Gasteiger partial charge is 0.227 e. The molecule has 3 heteroatoms. The summed E-state index contributed by atoms with van der Waals surface area (Å²) in [5, 5.41) is 4.58. The molecule has 0 fully saturated rings. The van der Waals surface area contributed by atoms with Crippen molar-refractivity contribution in [2.75, 3.05) is 0 Å². The molecule has 2 aromatic carbocycles. The number of hydrogen-bond donors (Lipinski definition) is 0. The van der Waals surface area contributed by atoms with Crippen LogP contribution >= 0.6 is 0 Å². The number of furan rings is 1. The summed E-state index contributed by atoms with van der Waals surface area (Å²) in [6.45, 7) is 6.34. The zero-order chi connectivity index (χ0) is 18.7. The van der Waals surface area contributed by atoms with E-state index in [2.05, 4.69) is 85.2 Å². The van der Waals surface area contributed by atoms with Gasteiger partial charge in [-0.05, 0) is 49.4 Å². The molecule has 0 aliphatic rings. The minimum atomic E-state index is 0.706. The van der Waals surface area contributed by atoms with Crippen molar-refractivity contribution in [1.29, 1.82) is 0 Å². The fourth-order valence-electron chi connectivity index (χ4n) is 4.08. The molecule has 0 saturated heterocycles. The Morgan fingerprint density at radius 3 is 2.48 bits per heavy atom. The van der Waals surface area contributed by atoms with E-state index in [0.717, 1.165) is 27.4 Å². The number of aryl methyl sites for hydroxylation is 4. The standard InChI is InChI=1S/C24H21N2O/c1-14-11-12-26(4)20(13-14)21-16(3)17-7-5-6-8-18(17)23-22(21)19-10-9-15(2)25-24(19)27-23/h5-13H,1-4H3/q+1. The summed E-state index contributed by atoms with van der Waals surface area (Å²) in [6.07, 6.45) is 2.12. The van der Waals surface area contributed by atoms with Gasteiger partial charge in [-0.15, -0.1) is 0 Å². The highest BCUT2D eigenvalue weighted by Crippen LogP contribution is 2.42. The number of aromatic nitrogens is 2. The Kier molecular flexibility index (Phi) is 3.35. The van der Waals surface area contributed by atoms with E-state index in [1.54, 1.807) is 0 Å². The summed E-state index contributed by atoms with van der Waals surface area (Å²) in [4.78, 5) is 4.65. The molecule has 27 heavy (non-hydrogen) atoms. The third-order valence-electron chi connectivity index (χ3n) is 5.46. The molecule has 0 atom stereocenters. The third kappa shape index (κ3) is 2.28. The molecule has 0 aliphatic carbocycles. The van der Waals surface area contributed by atoms with E-state index in [9.17, 15) is 0 Å². The summed E-state index contributed by atoms with van der Waals surface area (Å²) in [5.41, 5.74) is 7.50. The first-order valence-electron chi connectivity index (χ1n) is 9.22. The number of fused-ring (bicyclic) bond motifs is 5. The van der Waals surface area contributed by atoms with Crippen molar-refractivity contribution >= 4 is 32.8 Å². The summed E-state index contributed by atoms with van der Waals surface area (Å²) < 4.78 is 8.50. The molecular weight excluding hydrogens is 332 g/mol. The molecular formula is C24H21N2O+. The lowest BCUT2D eigenvalue weighted by Crippen LogP contribution is -2.30. The van der Waals surface area contributed by atoms with Crippen LogP contribution in [0, 0.1) is 20.8 Å². The van der Waals surface area contributed by atoms with Crippen LogP contribution in [0.5, 0.6) is 0 Å². The van der Waals surface area contributed by atoms with Gasteiger partial charge < -0.3 is 4.42 Å². The molecule has 3 aromatic heterocycles. The van der Waals surface area contributed by atoms with Crippen LogP contribution < -0.4 is 4.57 Å². The SMILES string of the molecule is Cc1cc[n+](C)c(-c2c(C)c3ccccc3c3oc4nc(C)ccc4c23)c1. The predicted octanol–water partition coefficient (Wildman–Crippen LogP) is 5.55. The molecule has 3 nitrogen and oxygen atoms in total. The molecule has 0 spiro atoms. The van der Waals surface area contributed by atoms with Crippen molar-refractivity contribution in [2.45, 2.75) is 20.8 Å². The van der Waals surface area contributed by atoms with Gasteiger partial charge in [0.05, 0.1) is 5.56 Å². The number of pyridine rings is 2. The second-order valence-electron chi connectivity index (χ2n) is 7.36. The van der Waals surface area contributed by atoms with Crippen molar-refractivity contribution in [3.05, 3.63) is 71.5 Å². The number of nitrogens with zero attached hydrogens (tertiary/aromatic N) is 2. The molecule has 0 N–H and O–H groups in total. The van der Waals surface area contributed by atoms with Crippen LogP contribution in [0.15, 0.2) is 59.1 Å². The normalized spacial score (nSPS) is 11.7. The van der Waals surface area contributed by atoms with Crippen LogP contribution in [0.25, 0.3) is 44.1 Å². The van der Waals surface area contributed by atoms with E-state index in [4.69, 9.17) is 4.42 Å². The van der Waals surface area contributed by atoms with E-state index >= 15 is 0 Å². The van der Waals surface area contributed by atoms with Crippen molar-refractivity contribution in [3.63, 3.8) is 0 Å². The van der Waals surface area contributed by atoms with Crippen molar-refractivity contribution in [3.8, 4) is 11.3 Å². The quantitative estimate of drug-likeness (QED) is 0.370. The van der Waals surface area contributed by atoms with Crippen LogP contribution in [0.2, 0.25) is 0 Å². The van der Waals surface area contributed by atoms with Crippen LogP contribution in [0.3, 0.4) is 0 Å². The van der Waals surface area contributed by atoms with Gasteiger partial charge >= 0.3 is 0 Å². The predicted molar refractivity (Wildman–Crippen MR) is 110 cm³/mol. The average molecular weight is 353 g/mol. The molecule has 0 unspecified atom stereocenters. The monoisotopic (exact) mass is 353 g/mol. The zero-order valence-corrected chi connectivity index (χ0v) is 16.0. The first-order valence-corrected chi connectivity index (χ1v) is 9.22. The van der Waals surface area contributed by atoms with E-state index in [1.165, 1.54) is 27.8 Å². The summed E-state index contributed by atoms with van der Waals surface area (Å²) >= 11 is 0. The van der Waals surface area contributed by atoms with Crippen LogP contribution in [0.4, 0.5) is 0 Å². The minimum Gasteiger partial charge on any atom is -0.437 e. The summed E-state index contributed by atoms with van der Waals surface area (Å²) in [5.74, 6) is 0. The summed E-state index contributed by atoms with van der Waals surface area (Å²) in [7, 11) is 2.10. The lowest BCUT2D eigenvalue weighted by molar-refractivity contribution is -0.660. The first kappa shape index (κ1) is 16.0. The Hall–Kier alpha value is -3.20. The second-order valence-corrected chi connectivity index (χ2v) is 7.36. The lowest BCUT2D eigenvalue weighted by Gasteiger charge is -2.11. The van der Waals surface area contributed by atoms with Gasteiger partial charge in [-0.1, -0.05) is 24.3 Å². The summed E-state index contributed by atoms with van der Waals surface area (Å²) in [6, 6.07) is 17.0. The Morgan fingerprint density at radius 1 is 0.889 bits per heavy atom. The average Bonchev–Trinajstić information content (AvgIpc) is 3.03. The van der Waals surface area contributed by atoms with E-state index in [-0.39, 0.29) is 0 Å². The van der Waals surface area contributed by atoms with Gasteiger partial charge in [0.15, 0.2) is 6.20 Å². The van der Waals surface area contributed by atoms with Crippen molar-refractivity contribution in [2.24, 2.45) is 7.05 Å². The first-order chi connectivity index (χ1) is 13.0. The van der Waals surface area contributed by atoms with E-state index < -0.39 is 0 Å². The fraction of sp³-hybridized carbons (Fsp3) is 0.167. The molecule has 5 rings (SSSR count). The number of rotatable bonds is 1. The van der Waals surface area contributed by atoms with Gasteiger partial charge in [0.25, 0.3) is 0 Å². The Balaban J connectivity index is 2.09. The highest BCUT2D eigenvalue weighted by molar-refractivity contribution is 6.21. The van der Waals surface area contributed by atoms with E-state index in [0.29, 0.717) is 5.71 Å². The van der Waals surface area contributed by atoms with Crippen LogP contribution in [-0.4, -0.2) is 4.98 Å². The van der Waals surface area contributed by atoms with Gasteiger partial charge in [0.2, 0.25) is 11.4 Å². The largest absolute Gasteiger partial charge is 0.437 e. The Labute approximate surface area is 157 Å². The maximum absolute atomic E-state index is 6.31. The molecule has 0 radical (unpaired) electrons. The molecule has 0 aliphatic heterocycles. The zero-order valence-electron chi connectivity index (χ0n) is 16.0. The van der Waals surface area contributed by atoms with Crippen LogP contribution in [0.1, 0.15) is 16.8 Å². The van der Waals surface area contributed by atoms with Crippen molar-refractivity contribution in [1.82, 2.24) is 4.98 Å². The minimum absolute atomic E-state index is 0.706. The van der Waals surface area contributed by atoms with Gasteiger partial charge in [0.1, 0.15) is 12.6 Å². The van der Waals surface area contributed by atoms with Gasteiger partial charge in [-0.3, -0.25) is 0 Å². The lowest BCUT2D eigenvalue weighted by atomic mass is 9.92.